The van der Waals surface area contributed by atoms with Gasteiger partial charge < -0.3 is 34.3 Å². The monoisotopic (exact) mass is 724 g/mol. The van der Waals surface area contributed by atoms with Crippen molar-refractivity contribution in [2.75, 3.05) is 40.3 Å². The number of fused-ring (bicyclic) bond motifs is 4. The molecule has 0 saturated carbocycles. The third-order valence-electron chi connectivity index (χ3n) is 10.3. The standard InChI is InChI=1S/C43H40N4O7/c1-50-32-11-7-25(8-12-32)27-15-28-22-45-36-20-40(38(51-2)18-34(36)42(48)33(28)17-27)53-13-4-14-54-41-21-37-35(19-39(41)52-3)43(49)47-24-29(16-31(47)23-46-37)26-5-9-30(44)10-6-26/h5-12,17-24,28,31,33H,4,13-16,44H2,1-3H3/t28-,31-,33?/m0/s1. The fourth-order valence-corrected chi connectivity index (χ4v) is 7.40. The van der Waals surface area contributed by atoms with Gasteiger partial charge in [-0.3, -0.25) is 19.6 Å². The van der Waals surface area contributed by atoms with Crippen LogP contribution in [0.5, 0.6) is 28.7 Å². The van der Waals surface area contributed by atoms with E-state index >= 15 is 0 Å². The summed E-state index contributed by atoms with van der Waals surface area (Å²) in [7, 11) is 4.74. The van der Waals surface area contributed by atoms with Crippen molar-refractivity contribution in [3.8, 4) is 28.7 Å². The van der Waals surface area contributed by atoms with Gasteiger partial charge in [-0.15, -0.1) is 0 Å². The molecular weight excluding hydrogens is 684 g/mol. The molecule has 1 amide bonds. The highest BCUT2D eigenvalue weighted by Gasteiger charge is 2.37. The number of nitrogens with two attached hydrogens (primary N) is 1. The molecule has 1 unspecified atom stereocenters. The Morgan fingerprint density at radius 1 is 0.704 bits per heavy atom. The van der Waals surface area contributed by atoms with E-state index in [4.69, 9.17) is 39.4 Å². The maximum atomic E-state index is 13.8. The Bertz CT molecular complexity index is 2240. The number of benzene rings is 4. The highest BCUT2D eigenvalue weighted by Crippen LogP contribution is 2.44. The lowest BCUT2D eigenvalue weighted by Crippen LogP contribution is -2.32. The summed E-state index contributed by atoms with van der Waals surface area (Å²) in [4.78, 5) is 38.7. The number of carbonyl (C=O) groups excluding carboxylic acids is 2. The summed E-state index contributed by atoms with van der Waals surface area (Å²) in [6.45, 7) is 0.626. The van der Waals surface area contributed by atoms with Crippen molar-refractivity contribution in [1.82, 2.24) is 4.90 Å². The van der Waals surface area contributed by atoms with Crippen LogP contribution in [0.4, 0.5) is 17.1 Å². The summed E-state index contributed by atoms with van der Waals surface area (Å²) in [5.41, 5.74) is 12.8. The van der Waals surface area contributed by atoms with Crippen LogP contribution in [0.2, 0.25) is 0 Å². The number of ketones is 1. The summed E-state index contributed by atoms with van der Waals surface area (Å²) in [6.07, 6.45) is 9.55. The van der Waals surface area contributed by atoms with Crippen molar-refractivity contribution < 1.29 is 33.3 Å². The quantitative estimate of drug-likeness (QED) is 0.123. The molecule has 3 atom stereocenters. The lowest BCUT2D eigenvalue weighted by Gasteiger charge is -2.19. The average molecular weight is 725 g/mol. The zero-order valence-electron chi connectivity index (χ0n) is 30.3. The summed E-state index contributed by atoms with van der Waals surface area (Å²) < 4.78 is 28.8. The number of hydrogen-bond acceptors (Lipinski definition) is 10. The van der Waals surface area contributed by atoms with Crippen LogP contribution in [-0.2, 0) is 0 Å². The molecule has 0 aromatic heterocycles. The second-order valence-corrected chi connectivity index (χ2v) is 13.6. The van der Waals surface area contributed by atoms with Gasteiger partial charge in [0, 0.05) is 66.7 Å². The van der Waals surface area contributed by atoms with Crippen LogP contribution in [0.15, 0.2) is 95.1 Å². The van der Waals surface area contributed by atoms with E-state index in [2.05, 4.69) is 6.08 Å². The molecule has 0 spiro atoms. The van der Waals surface area contributed by atoms with Crippen molar-refractivity contribution in [3.63, 3.8) is 0 Å². The van der Waals surface area contributed by atoms with E-state index in [1.165, 1.54) is 0 Å². The van der Waals surface area contributed by atoms with Gasteiger partial charge in [0.1, 0.15) is 5.75 Å². The highest BCUT2D eigenvalue weighted by atomic mass is 16.5. The van der Waals surface area contributed by atoms with Gasteiger partial charge in [0.25, 0.3) is 5.91 Å². The van der Waals surface area contributed by atoms with E-state index in [1.54, 1.807) is 50.5 Å². The van der Waals surface area contributed by atoms with Gasteiger partial charge in [-0.2, -0.15) is 0 Å². The minimum Gasteiger partial charge on any atom is -0.497 e. The van der Waals surface area contributed by atoms with Crippen LogP contribution in [0.1, 0.15) is 51.1 Å². The van der Waals surface area contributed by atoms with E-state index in [1.807, 2.05) is 67.2 Å². The fraction of sp³-hybridized carbons (Fsp3) is 0.256. The van der Waals surface area contributed by atoms with E-state index < -0.39 is 0 Å². The number of rotatable bonds is 11. The SMILES string of the molecule is COc1ccc(C2=CC3C(=O)c4cc(OC)c(OCCCOc5cc6c(cc5OC)C(=O)N5C=C(c7ccc(N)cc7)C[C@H]5C=N6)cc4N=C[C@@H]3C2)cc1. The van der Waals surface area contributed by atoms with Crippen molar-refractivity contribution in [2.24, 2.45) is 21.8 Å². The summed E-state index contributed by atoms with van der Waals surface area (Å²) in [5.74, 6) is 2.16. The third kappa shape index (κ3) is 6.57. The predicted molar refractivity (Wildman–Crippen MR) is 208 cm³/mol. The zero-order chi connectivity index (χ0) is 37.3. The summed E-state index contributed by atoms with van der Waals surface area (Å²) in [6, 6.07) is 22.2. The zero-order valence-corrected chi connectivity index (χ0v) is 30.3. The highest BCUT2D eigenvalue weighted by molar-refractivity contribution is 6.08. The van der Waals surface area contributed by atoms with Crippen LogP contribution in [0, 0.1) is 11.8 Å². The van der Waals surface area contributed by atoms with Crippen LogP contribution in [0.25, 0.3) is 11.1 Å². The Morgan fingerprint density at radius 3 is 1.98 bits per heavy atom. The lowest BCUT2D eigenvalue weighted by atomic mass is 9.89. The first-order chi connectivity index (χ1) is 26.3. The lowest BCUT2D eigenvalue weighted by molar-refractivity contribution is 0.0817. The van der Waals surface area contributed by atoms with Crippen molar-refractivity contribution in [1.29, 1.82) is 0 Å². The normalized spacial score (nSPS) is 19.5. The van der Waals surface area contributed by atoms with Crippen molar-refractivity contribution >= 4 is 52.3 Å². The first kappa shape index (κ1) is 34.7. The van der Waals surface area contributed by atoms with Gasteiger partial charge in [0.15, 0.2) is 28.8 Å². The first-order valence-electron chi connectivity index (χ1n) is 17.9. The first-order valence-corrected chi connectivity index (χ1v) is 17.9. The van der Waals surface area contributed by atoms with E-state index in [0.29, 0.717) is 77.2 Å². The number of allylic oxidation sites excluding steroid dienone is 2. The number of nitrogens with zero attached hydrogens (tertiary/aromatic N) is 3. The Morgan fingerprint density at radius 2 is 1.31 bits per heavy atom. The fourth-order valence-electron chi connectivity index (χ4n) is 7.40. The van der Waals surface area contributed by atoms with Crippen molar-refractivity contribution in [2.45, 2.75) is 25.3 Å². The molecule has 11 nitrogen and oxygen atoms in total. The number of ether oxygens (including phenoxy) is 5. The molecule has 4 aromatic rings. The number of amides is 1. The maximum Gasteiger partial charge on any atom is 0.260 e. The number of aliphatic imine (C=N–C) groups is 2. The molecule has 274 valence electrons. The van der Waals surface area contributed by atoms with E-state index in [9.17, 15) is 9.59 Å². The van der Waals surface area contributed by atoms with E-state index in [0.717, 1.165) is 34.4 Å². The molecule has 54 heavy (non-hydrogen) atoms. The average Bonchev–Trinajstić information content (AvgIpc) is 3.78. The molecule has 11 heteroatoms. The molecule has 8 rings (SSSR count). The summed E-state index contributed by atoms with van der Waals surface area (Å²) in [5, 5.41) is 0. The van der Waals surface area contributed by atoms with Crippen LogP contribution in [0.3, 0.4) is 0 Å². The molecular formula is C43H40N4O7. The molecule has 0 saturated heterocycles. The number of nitrogen functional groups attached to an aromatic ring is 1. The Labute approximate surface area is 313 Å². The maximum absolute atomic E-state index is 13.8. The molecule has 0 bridgehead atoms. The number of Topliss-reactive ketones (excluding diaryl/α,β-unsaturated/α-hetero) is 1. The molecule has 2 N–H and O–H groups in total. The van der Waals surface area contributed by atoms with Gasteiger partial charge in [0.05, 0.1) is 57.5 Å². The van der Waals surface area contributed by atoms with Crippen LogP contribution >= 0.6 is 0 Å². The number of methoxy groups -OCH3 is 3. The minimum absolute atomic E-state index is 0.00905. The molecule has 0 radical (unpaired) electrons. The molecule has 4 aliphatic rings. The second kappa shape index (κ2) is 14.6. The second-order valence-electron chi connectivity index (χ2n) is 13.6. The van der Waals surface area contributed by atoms with Crippen LogP contribution in [-0.4, -0.2) is 69.6 Å². The Hall–Kier alpha value is -6.36. The molecule has 1 aliphatic carbocycles. The van der Waals surface area contributed by atoms with E-state index in [-0.39, 0.29) is 29.6 Å². The Kier molecular flexibility index (Phi) is 9.37. The van der Waals surface area contributed by atoms with Crippen molar-refractivity contribution in [3.05, 3.63) is 107 Å². The van der Waals surface area contributed by atoms with Gasteiger partial charge in [-0.1, -0.05) is 30.3 Å². The molecule has 0 fully saturated rings. The number of anilines is 1. The van der Waals surface area contributed by atoms with Gasteiger partial charge in [-0.05, 0) is 65.1 Å². The van der Waals surface area contributed by atoms with Crippen LogP contribution < -0.4 is 29.4 Å². The Balaban J connectivity index is 0.909. The molecule has 4 aromatic carbocycles. The molecule has 3 aliphatic heterocycles. The number of hydrogen-bond donors (Lipinski definition) is 1. The third-order valence-corrected chi connectivity index (χ3v) is 10.3. The van der Waals surface area contributed by atoms with Gasteiger partial charge in [0.2, 0.25) is 0 Å². The topological polar surface area (TPSA) is 134 Å². The summed E-state index contributed by atoms with van der Waals surface area (Å²) >= 11 is 0. The minimum atomic E-state index is -0.309. The largest absolute Gasteiger partial charge is 0.497 e. The van der Waals surface area contributed by atoms with Gasteiger partial charge in [-0.25, -0.2) is 0 Å². The smallest absolute Gasteiger partial charge is 0.260 e. The molecule has 3 heterocycles. The van der Waals surface area contributed by atoms with Gasteiger partial charge >= 0.3 is 0 Å². The number of carbonyl (C=O) groups is 2. The predicted octanol–water partition coefficient (Wildman–Crippen LogP) is 7.73.